The van der Waals surface area contributed by atoms with Gasteiger partial charge in [0.1, 0.15) is 0 Å². The maximum atomic E-state index is 12.6. The van der Waals surface area contributed by atoms with Gasteiger partial charge in [-0.05, 0) is 50.9 Å². The minimum absolute atomic E-state index is 0.0322. The van der Waals surface area contributed by atoms with E-state index in [9.17, 15) is 9.59 Å². The molecule has 1 aliphatic heterocycles. The number of likely N-dealkylation sites (tertiary alicyclic amines) is 1. The molecule has 4 nitrogen and oxygen atoms in total. The highest BCUT2D eigenvalue weighted by Gasteiger charge is 2.58. The molecule has 0 aromatic rings. The monoisotopic (exact) mass is 293 g/mol. The standard InChI is InChI=1S/C17H27NO3/c1-2-3-10-21-16(20)17-7-6-13(11-17)14(12-17)15(19)18-8-4-5-9-18/h13-14H,2-12H2,1H3. The third-order valence-corrected chi connectivity index (χ3v) is 5.73. The first-order chi connectivity index (χ1) is 10.2. The molecule has 1 heterocycles. The largest absolute Gasteiger partial charge is 0.465 e. The van der Waals surface area contributed by atoms with Crippen LogP contribution in [0, 0.1) is 17.3 Å². The van der Waals surface area contributed by atoms with Crippen LogP contribution in [0.5, 0.6) is 0 Å². The normalized spacial score (nSPS) is 34.4. The van der Waals surface area contributed by atoms with Crippen molar-refractivity contribution in [2.24, 2.45) is 17.3 Å². The van der Waals surface area contributed by atoms with E-state index in [4.69, 9.17) is 4.74 Å². The van der Waals surface area contributed by atoms with Crippen LogP contribution >= 0.6 is 0 Å². The Hall–Kier alpha value is -1.06. The third-order valence-electron chi connectivity index (χ3n) is 5.73. The number of rotatable bonds is 5. The van der Waals surface area contributed by atoms with Gasteiger partial charge in [0.2, 0.25) is 5.91 Å². The van der Waals surface area contributed by atoms with Crippen LogP contribution in [0.15, 0.2) is 0 Å². The van der Waals surface area contributed by atoms with Crippen LogP contribution in [0.2, 0.25) is 0 Å². The maximum absolute atomic E-state index is 12.6. The molecule has 0 spiro atoms. The average molecular weight is 293 g/mol. The van der Waals surface area contributed by atoms with Gasteiger partial charge in [-0.15, -0.1) is 0 Å². The van der Waals surface area contributed by atoms with Gasteiger partial charge >= 0.3 is 5.97 Å². The predicted octanol–water partition coefficient (Wildman–Crippen LogP) is 2.76. The van der Waals surface area contributed by atoms with Crippen molar-refractivity contribution in [2.75, 3.05) is 19.7 Å². The molecule has 21 heavy (non-hydrogen) atoms. The Bertz CT molecular complexity index is 416. The molecule has 2 bridgehead atoms. The van der Waals surface area contributed by atoms with Crippen LogP contribution in [0.3, 0.4) is 0 Å². The van der Waals surface area contributed by atoms with Crippen molar-refractivity contribution >= 4 is 11.9 Å². The van der Waals surface area contributed by atoms with Gasteiger partial charge in [-0.2, -0.15) is 0 Å². The Morgan fingerprint density at radius 1 is 1.24 bits per heavy atom. The van der Waals surface area contributed by atoms with Gasteiger partial charge in [-0.3, -0.25) is 9.59 Å². The Morgan fingerprint density at radius 2 is 2.00 bits per heavy atom. The number of esters is 1. The third kappa shape index (κ3) is 2.69. The Labute approximate surface area is 127 Å². The summed E-state index contributed by atoms with van der Waals surface area (Å²) in [6.07, 6.45) is 7.79. The zero-order chi connectivity index (χ0) is 14.9. The molecule has 3 fully saturated rings. The van der Waals surface area contributed by atoms with Crippen LogP contribution < -0.4 is 0 Å². The predicted molar refractivity (Wildman–Crippen MR) is 79.6 cm³/mol. The highest BCUT2D eigenvalue weighted by atomic mass is 16.5. The van der Waals surface area contributed by atoms with Crippen molar-refractivity contribution in [3.05, 3.63) is 0 Å². The summed E-state index contributed by atoms with van der Waals surface area (Å²) in [5.74, 6) is 0.767. The second-order valence-corrected chi connectivity index (χ2v) is 7.12. The molecule has 3 rings (SSSR count). The quantitative estimate of drug-likeness (QED) is 0.578. The zero-order valence-corrected chi connectivity index (χ0v) is 13.1. The summed E-state index contributed by atoms with van der Waals surface area (Å²) in [7, 11) is 0. The molecule has 118 valence electrons. The number of ether oxygens (including phenoxy) is 1. The van der Waals surface area contributed by atoms with Gasteiger partial charge in [-0.1, -0.05) is 13.3 Å². The van der Waals surface area contributed by atoms with Crippen LogP contribution in [0.25, 0.3) is 0 Å². The molecule has 2 saturated carbocycles. The summed E-state index contributed by atoms with van der Waals surface area (Å²) in [6.45, 7) is 4.45. The molecule has 0 N–H and O–H groups in total. The average Bonchev–Trinajstić information content (AvgIpc) is 3.22. The van der Waals surface area contributed by atoms with E-state index < -0.39 is 0 Å². The van der Waals surface area contributed by atoms with E-state index in [1.807, 2.05) is 4.90 Å². The molecule has 0 aromatic heterocycles. The number of carbonyl (C=O) groups is 2. The molecule has 0 aromatic carbocycles. The first-order valence-electron chi connectivity index (χ1n) is 8.62. The van der Waals surface area contributed by atoms with Crippen molar-refractivity contribution in [3.8, 4) is 0 Å². The summed E-state index contributed by atoms with van der Waals surface area (Å²) in [5.41, 5.74) is -0.335. The highest BCUT2D eigenvalue weighted by Crippen LogP contribution is 2.58. The van der Waals surface area contributed by atoms with Crippen LogP contribution in [-0.2, 0) is 14.3 Å². The van der Waals surface area contributed by atoms with Gasteiger partial charge in [0, 0.05) is 19.0 Å². The van der Waals surface area contributed by atoms with E-state index in [1.165, 1.54) is 0 Å². The van der Waals surface area contributed by atoms with Gasteiger partial charge in [-0.25, -0.2) is 0 Å². The molecule has 3 unspecified atom stereocenters. The molecular weight excluding hydrogens is 266 g/mol. The molecule has 1 amide bonds. The van der Waals surface area contributed by atoms with E-state index in [0.717, 1.165) is 64.5 Å². The lowest BCUT2D eigenvalue weighted by molar-refractivity contribution is -0.156. The van der Waals surface area contributed by atoms with E-state index >= 15 is 0 Å². The highest BCUT2D eigenvalue weighted by molar-refractivity contribution is 5.84. The second kappa shape index (κ2) is 5.98. The Kier molecular flexibility index (Phi) is 4.23. The SMILES string of the molecule is CCCCOC(=O)C12CCC(C1)C(C(=O)N1CCCC1)C2. The first kappa shape index (κ1) is 14.9. The van der Waals surface area contributed by atoms with E-state index in [2.05, 4.69) is 6.92 Å². The van der Waals surface area contributed by atoms with E-state index in [1.54, 1.807) is 0 Å². The molecular formula is C17H27NO3. The van der Waals surface area contributed by atoms with Gasteiger partial charge < -0.3 is 9.64 Å². The van der Waals surface area contributed by atoms with E-state index in [0.29, 0.717) is 18.4 Å². The van der Waals surface area contributed by atoms with Crippen molar-refractivity contribution in [3.63, 3.8) is 0 Å². The number of unbranched alkanes of at least 4 members (excludes halogenated alkanes) is 1. The lowest BCUT2D eigenvalue weighted by Crippen LogP contribution is -2.38. The summed E-state index contributed by atoms with van der Waals surface area (Å²) >= 11 is 0. The molecule has 3 atom stereocenters. The smallest absolute Gasteiger partial charge is 0.312 e. The van der Waals surface area contributed by atoms with Crippen molar-refractivity contribution < 1.29 is 14.3 Å². The summed E-state index contributed by atoms with van der Waals surface area (Å²) in [5, 5.41) is 0. The number of hydrogen-bond acceptors (Lipinski definition) is 3. The molecule has 1 saturated heterocycles. The minimum atomic E-state index is -0.335. The lowest BCUT2D eigenvalue weighted by atomic mass is 9.79. The summed E-state index contributed by atoms with van der Waals surface area (Å²) in [4.78, 5) is 27.1. The number of nitrogens with zero attached hydrogens (tertiary/aromatic N) is 1. The molecule has 2 aliphatic carbocycles. The van der Waals surface area contributed by atoms with Crippen molar-refractivity contribution in [1.82, 2.24) is 4.90 Å². The van der Waals surface area contributed by atoms with Gasteiger partial charge in [0.05, 0.1) is 12.0 Å². The minimum Gasteiger partial charge on any atom is -0.465 e. The zero-order valence-electron chi connectivity index (χ0n) is 13.1. The fourth-order valence-electron chi connectivity index (χ4n) is 4.48. The first-order valence-corrected chi connectivity index (χ1v) is 8.62. The van der Waals surface area contributed by atoms with Crippen LogP contribution in [0.4, 0.5) is 0 Å². The maximum Gasteiger partial charge on any atom is 0.312 e. The number of carbonyl (C=O) groups excluding carboxylic acids is 2. The topological polar surface area (TPSA) is 46.6 Å². The summed E-state index contributed by atoms with van der Waals surface area (Å²) in [6, 6.07) is 0. The number of hydrogen-bond donors (Lipinski definition) is 0. The number of fused-ring (bicyclic) bond motifs is 2. The van der Waals surface area contributed by atoms with Crippen molar-refractivity contribution in [1.29, 1.82) is 0 Å². The molecule has 3 aliphatic rings. The molecule has 4 heteroatoms. The van der Waals surface area contributed by atoms with E-state index in [-0.39, 0.29) is 17.3 Å². The van der Waals surface area contributed by atoms with Crippen LogP contribution in [-0.4, -0.2) is 36.5 Å². The fourth-order valence-corrected chi connectivity index (χ4v) is 4.48. The van der Waals surface area contributed by atoms with Crippen molar-refractivity contribution in [2.45, 2.75) is 58.3 Å². The number of amides is 1. The lowest BCUT2D eigenvalue weighted by Gasteiger charge is -2.30. The van der Waals surface area contributed by atoms with Crippen LogP contribution in [0.1, 0.15) is 58.3 Å². The fraction of sp³-hybridized carbons (Fsp3) is 0.882. The van der Waals surface area contributed by atoms with Gasteiger partial charge in [0.25, 0.3) is 0 Å². The Morgan fingerprint density at radius 3 is 2.71 bits per heavy atom. The molecule has 0 radical (unpaired) electrons. The van der Waals surface area contributed by atoms with Gasteiger partial charge in [0.15, 0.2) is 0 Å². The second-order valence-electron chi connectivity index (χ2n) is 7.12. The summed E-state index contributed by atoms with van der Waals surface area (Å²) < 4.78 is 5.48. The Balaban J connectivity index is 1.61.